The minimum absolute atomic E-state index is 0. The van der Waals surface area contributed by atoms with Crippen LogP contribution in [-0.2, 0) is 57.0 Å². The molecule has 0 aromatic rings. The van der Waals surface area contributed by atoms with Crippen LogP contribution in [0.4, 0.5) is 0 Å². The predicted molar refractivity (Wildman–Crippen MR) is 6.44 cm³/mol. The van der Waals surface area contributed by atoms with Crippen LogP contribution in [0.5, 0.6) is 0 Å². The van der Waals surface area contributed by atoms with Crippen molar-refractivity contribution in [3.8, 4) is 0 Å². The molecule has 0 saturated carbocycles. The Morgan fingerprint density at radius 2 is 1.20 bits per heavy atom. The van der Waals surface area contributed by atoms with Gasteiger partial charge in [0.2, 0.25) is 0 Å². The summed E-state index contributed by atoms with van der Waals surface area (Å²) in [6.07, 6.45) is 0. The predicted octanol–water partition coefficient (Wildman–Crippen LogP) is -0.507. The summed E-state index contributed by atoms with van der Waals surface area (Å²) >= 11 is 0.700. The molecule has 0 saturated heterocycles. The zero-order valence-corrected chi connectivity index (χ0v) is 9.58. The molecule has 0 aliphatic carbocycles. The van der Waals surface area contributed by atoms with Gasteiger partial charge in [0, 0.05) is 60.1 Å². The van der Waals surface area contributed by atoms with Crippen LogP contribution in [0.15, 0.2) is 0 Å². The maximum absolute atomic E-state index is 8.26. The van der Waals surface area contributed by atoms with Crippen molar-refractivity contribution in [2.75, 3.05) is 0 Å². The molecule has 0 bridgehead atoms. The number of rotatable bonds is 0. The summed E-state index contributed by atoms with van der Waals surface area (Å²) in [5.41, 5.74) is 0. The topological polar surface area (TPSA) is 17.1 Å². The first-order valence-corrected chi connectivity index (χ1v) is 0.986. The Bertz CT molecular complexity index is 11.6. The molecular weight excluding hydrogens is 436 g/mol. The Balaban J connectivity index is -0.00000000167. The van der Waals surface area contributed by atoms with Gasteiger partial charge in [-0.2, -0.15) is 0 Å². The summed E-state index contributed by atoms with van der Waals surface area (Å²) < 4.78 is 8.26. The molecule has 1 nitrogen and oxygen atoms in total. The normalized spacial score (nSPS) is 0.800. The fourth-order valence-corrected chi connectivity index (χ4v) is 0. The summed E-state index contributed by atoms with van der Waals surface area (Å²) in [4.78, 5) is 0. The van der Waals surface area contributed by atoms with Gasteiger partial charge in [-0.1, -0.05) is 0 Å². The van der Waals surface area contributed by atoms with Crippen LogP contribution in [0.25, 0.3) is 0 Å². The molecule has 0 heterocycles. The SMILES string of the molecule is [Bi].[Co].[Fe].[O]=[Mo]. The second-order valence-electron chi connectivity index (χ2n) is 0. The molecule has 0 atom stereocenters. The van der Waals surface area contributed by atoms with E-state index in [0.717, 1.165) is 0 Å². The van der Waals surface area contributed by atoms with Gasteiger partial charge in [0.1, 0.15) is 0 Å². The van der Waals surface area contributed by atoms with Crippen molar-refractivity contribution in [3.05, 3.63) is 0 Å². The van der Waals surface area contributed by atoms with E-state index in [0.29, 0.717) is 19.8 Å². The van der Waals surface area contributed by atoms with E-state index in [4.69, 9.17) is 3.40 Å². The van der Waals surface area contributed by atoms with Gasteiger partial charge >= 0.3 is 23.2 Å². The number of hydrogen-bond acceptors (Lipinski definition) is 1. The summed E-state index contributed by atoms with van der Waals surface area (Å²) in [7, 11) is 0. The number of hydrogen-bond donors (Lipinski definition) is 0. The molecule has 34 valence electrons. The van der Waals surface area contributed by atoms with Crippen molar-refractivity contribution >= 4 is 26.2 Å². The van der Waals surface area contributed by atoms with Gasteiger partial charge in [0.05, 0.1) is 0 Å². The first-order chi connectivity index (χ1) is 1.00. The van der Waals surface area contributed by atoms with E-state index in [1.54, 1.807) is 0 Å². The van der Waals surface area contributed by atoms with E-state index in [-0.39, 0.29) is 60.1 Å². The van der Waals surface area contributed by atoms with Gasteiger partial charge in [-0.15, -0.1) is 0 Å². The fraction of sp³-hybridized carbons (Fsp3) is 0. The van der Waals surface area contributed by atoms with Gasteiger partial charge in [-0.3, -0.25) is 0 Å². The molecule has 0 aliphatic heterocycles. The molecule has 0 rings (SSSR count). The van der Waals surface area contributed by atoms with Crippen molar-refractivity contribution in [1.29, 1.82) is 0 Å². The Hall–Kier alpha value is 2.40. The van der Waals surface area contributed by atoms with Gasteiger partial charge in [-0.25, -0.2) is 0 Å². The van der Waals surface area contributed by atoms with E-state index >= 15 is 0 Å². The third-order valence-electron chi connectivity index (χ3n) is 0. The fourth-order valence-electron chi connectivity index (χ4n) is 0. The zero-order valence-electron chi connectivity index (χ0n) is 1.95. The molecule has 0 N–H and O–H groups in total. The molecule has 0 aromatic heterocycles. The van der Waals surface area contributed by atoms with Crippen molar-refractivity contribution in [3.63, 3.8) is 0 Å². The van der Waals surface area contributed by atoms with Crippen LogP contribution in [0, 0.1) is 0 Å². The molecule has 5 heteroatoms. The Morgan fingerprint density at radius 3 is 1.20 bits per heavy atom. The van der Waals surface area contributed by atoms with Crippen LogP contribution >= 0.6 is 0 Å². The molecule has 0 fully saturated rings. The van der Waals surface area contributed by atoms with E-state index in [2.05, 4.69) is 0 Å². The van der Waals surface area contributed by atoms with Crippen molar-refractivity contribution in [2.24, 2.45) is 0 Å². The molecule has 4 radical (unpaired) electrons. The molecule has 0 amide bonds. The van der Waals surface area contributed by atoms with Crippen LogP contribution in [0.2, 0.25) is 0 Å². The summed E-state index contributed by atoms with van der Waals surface area (Å²) in [6, 6.07) is 0. The van der Waals surface area contributed by atoms with Gasteiger partial charge in [0.15, 0.2) is 0 Å². The first-order valence-electron chi connectivity index (χ1n) is 0.167. The quantitative estimate of drug-likeness (QED) is 0.469. The molecule has 0 spiro atoms. The summed E-state index contributed by atoms with van der Waals surface area (Å²) in [6.45, 7) is 0. The third kappa shape index (κ3) is 21.5. The van der Waals surface area contributed by atoms with E-state index in [9.17, 15) is 0 Å². The van der Waals surface area contributed by atoms with Crippen molar-refractivity contribution < 1.29 is 57.0 Å². The van der Waals surface area contributed by atoms with Crippen LogP contribution < -0.4 is 0 Å². The zero-order chi connectivity index (χ0) is 2.00. The maximum atomic E-state index is 8.26. The second kappa shape index (κ2) is 32.4. The van der Waals surface area contributed by atoms with E-state index < -0.39 is 0 Å². The third-order valence-corrected chi connectivity index (χ3v) is 0. The average molecular weight is 436 g/mol. The van der Waals surface area contributed by atoms with Gasteiger partial charge in [-0.05, 0) is 0 Å². The molecule has 0 aliphatic rings. The summed E-state index contributed by atoms with van der Waals surface area (Å²) in [5, 5.41) is 0. The molecule has 5 heavy (non-hydrogen) atoms. The van der Waals surface area contributed by atoms with Crippen LogP contribution in [0.1, 0.15) is 0 Å². The standard InChI is InChI=1S/Bi.Co.Fe.Mo.O. The monoisotopic (exact) mass is 438 g/mol. The van der Waals surface area contributed by atoms with Crippen molar-refractivity contribution in [2.45, 2.75) is 0 Å². The molecule has 0 unspecified atom stereocenters. The minimum atomic E-state index is 0. The van der Waals surface area contributed by atoms with Crippen molar-refractivity contribution in [1.82, 2.24) is 0 Å². The molecular formula is BiCoFeMoO. The van der Waals surface area contributed by atoms with Gasteiger partial charge in [0.25, 0.3) is 0 Å². The summed E-state index contributed by atoms with van der Waals surface area (Å²) in [5.74, 6) is 0. The molecule has 0 aromatic carbocycles. The van der Waals surface area contributed by atoms with E-state index in [1.165, 1.54) is 0 Å². The van der Waals surface area contributed by atoms with Crippen LogP contribution in [-0.4, -0.2) is 26.2 Å². The van der Waals surface area contributed by atoms with E-state index in [1.807, 2.05) is 0 Å². The first kappa shape index (κ1) is 26.2. The Morgan fingerprint density at radius 1 is 1.20 bits per heavy atom. The Labute approximate surface area is 82.0 Å². The van der Waals surface area contributed by atoms with Gasteiger partial charge < -0.3 is 0 Å². The Kier molecular flexibility index (Phi) is 170. The average Bonchev–Trinajstić information content (AvgIpc) is 1.00. The van der Waals surface area contributed by atoms with Crippen LogP contribution in [0.3, 0.4) is 0 Å². The second-order valence-corrected chi connectivity index (χ2v) is 0.